The molecule has 0 saturated heterocycles. The molecule has 5 rings (SSSR count). The fourth-order valence-corrected chi connectivity index (χ4v) is 3.99. The van der Waals surface area contributed by atoms with Gasteiger partial charge in [0, 0.05) is 27.9 Å². The summed E-state index contributed by atoms with van der Waals surface area (Å²) >= 11 is 6.40. The summed E-state index contributed by atoms with van der Waals surface area (Å²) in [6.45, 7) is 0. The first-order valence-electron chi connectivity index (χ1n) is 8.46. The van der Waals surface area contributed by atoms with E-state index in [9.17, 15) is 0 Å². The van der Waals surface area contributed by atoms with Crippen molar-refractivity contribution in [3.63, 3.8) is 0 Å². The van der Waals surface area contributed by atoms with Gasteiger partial charge in [-0.1, -0.05) is 72.3 Å². The highest BCUT2D eigenvalue weighted by molar-refractivity contribution is 6.31. The van der Waals surface area contributed by atoms with E-state index in [0.29, 0.717) is 0 Å². The van der Waals surface area contributed by atoms with Crippen LogP contribution < -0.4 is 0 Å². The van der Waals surface area contributed by atoms with Gasteiger partial charge in [-0.2, -0.15) is 0 Å². The summed E-state index contributed by atoms with van der Waals surface area (Å²) < 4.78 is 2.38. The molecule has 3 aromatic carbocycles. The molecule has 25 heavy (non-hydrogen) atoms. The van der Waals surface area contributed by atoms with Gasteiger partial charge in [-0.05, 0) is 35.2 Å². The fourth-order valence-electron chi connectivity index (χ4n) is 3.79. The standard InChI is InChI=1S/C23H16ClN/c24-21-11-5-1-7-16(21)15-17-13-14-23-20-9-3-2-8-18(20)19-10-4-6-12-22(19)25(17)23/h1-14H,15H2. The van der Waals surface area contributed by atoms with E-state index in [-0.39, 0.29) is 0 Å². The zero-order chi connectivity index (χ0) is 16.8. The first kappa shape index (κ1) is 14.6. The van der Waals surface area contributed by atoms with Gasteiger partial charge in [-0.15, -0.1) is 0 Å². The maximum atomic E-state index is 6.40. The lowest BCUT2D eigenvalue weighted by molar-refractivity contribution is 1.06. The number of benzene rings is 3. The molecule has 2 heterocycles. The quantitative estimate of drug-likeness (QED) is 0.323. The Kier molecular flexibility index (Phi) is 3.29. The van der Waals surface area contributed by atoms with Crippen molar-refractivity contribution in [1.82, 2.24) is 4.40 Å². The smallest absolute Gasteiger partial charge is 0.0538 e. The van der Waals surface area contributed by atoms with Gasteiger partial charge < -0.3 is 4.40 Å². The van der Waals surface area contributed by atoms with Crippen molar-refractivity contribution in [2.45, 2.75) is 6.42 Å². The number of hydrogen-bond donors (Lipinski definition) is 0. The molecule has 2 heteroatoms. The summed E-state index contributed by atoms with van der Waals surface area (Å²) in [5.41, 5.74) is 4.89. The first-order valence-corrected chi connectivity index (χ1v) is 8.84. The van der Waals surface area contributed by atoms with Crippen LogP contribution in [0.25, 0.3) is 27.2 Å². The molecular weight excluding hydrogens is 326 g/mol. The minimum Gasteiger partial charge on any atom is -0.313 e. The lowest BCUT2D eigenvalue weighted by Crippen LogP contribution is -1.98. The monoisotopic (exact) mass is 341 g/mol. The van der Waals surface area contributed by atoms with Gasteiger partial charge in [0.2, 0.25) is 0 Å². The maximum absolute atomic E-state index is 6.40. The highest BCUT2D eigenvalue weighted by Gasteiger charge is 2.12. The van der Waals surface area contributed by atoms with Gasteiger partial charge in [-0.3, -0.25) is 0 Å². The molecule has 0 aliphatic carbocycles. The third-order valence-electron chi connectivity index (χ3n) is 4.93. The van der Waals surface area contributed by atoms with Gasteiger partial charge in [0.25, 0.3) is 0 Å². The Morgan fingerprint density at radius 2 is 1.20 bits per heavy atom. The molecule has 0 amide bonds. The summed E-state index contributed by atoms with van der Waals surface area (Å²) in [5.74, 6) is 0. The van der Waals surface area contributed by atoms with Crippen molar-refractivity contribution in [3.8, 4) is 0 Å². The highest BCUT2D eigenvalue weighted by atomic mass is 35.5. The molecule has 0 bridgehead atoms. The van der Waals surface area contributed by atoms with Crippen molar-refractivity contribution in [2.75, 3.05) is 0 Å². The van der Waals surface area contributed by atoms with Crippen LogP contribution in [0.5, 0.6) is 0 Å². The van der Waals surface area contributed by atoms with Crippen molar-refractivity contribution in [1.29, 1.82) is 0 Å². The fraction of sp³-hybridized carbons (Fsp3) is 0.0435. The average molecular weight is 342 g/mol. The molecular formula is C23H16ClN. The Morgan fingerprint density at radius 3 is 1.96 bits per heavy atom. The van der Waals surface area contributed by atoms with E-state index < -0.39 is 0 Å². The van der Waals surface area contributed by atoms with E-state index in [1.807, 2.05) is 18.2 Å². The second kappa shape index (κ2) is 5.65. The van der Waals surface area contributed by atoms with E-state index in [2.05, 4.69) is 71.1 Å². The number of pyridine rings is 1. The van der Waals surface area contributed by atoms with E-state index >= 15 is 0 Å². The van der Waals surface area contributed by atoms with E-state index in [0.717, 1.165) is 17.0 Å². The van der Waals surface area contributed by atoms with Crippen LogP contribution in [0.15, 0.2) is 84.9 Å². The first-order chi connectivity index (χ1) is 12.3. The zero-order valence-corrected chi connectivity index (χ0v) is 14.4. The number of para-hydroxylation sites is 1. The molecule has 0 N–H and O–H groups in total. The van der Waals surface area contributed by atoms with Crippen molar-refractivity contribution >= 4 is 38.8 Å². The molecule has 0 fully saturated rings. The normalized spacial score (nSPS) is 11.6. The Hall–Kier alpha value is -2.77. The molecule has 0 unspecified atom stereocenters. The summed E-state index contributed by atoms with van der Waals surface area (Å²) in [7, 11) is 0. The van der Waals surface area contributed by atoms with Gasteiger partial charge in [-0.25, -0.2) is 0 Å². The Labute approximate surface area is 151 Å². The van der Waals surface area contributed by atoms with Crippen LogP contribution in [-0.2, 0) is 6.42 Å². The van der Waals surface area contributed by atoms with Crippen LogP contribution in [0.1, 0.15) is 11.3 Å². The van der Waals surface area contributed by atoms with Crippen LogP contribution in [0.4, 0.5) is 0 Å². The van der Waals surface area contributed by atoms with E-state index in [1.54, 1.807) is 0 Å². The number of rotatable bonds is 2. The molecule has 0 saturated carbocycles. The summed E-state index contributed by atoms with van der Waals surface area (Å²) in [5, 5.41) is 4.68. The molecule has 120 valence electrons. The average Bonchev–Trinajstić information content (AvgIpc) is 3.08. The van der Waals surface area contributed by atoms with Gasteiger partial charge in [0.05, 0.1) is 11.0 Å². The van der Waals surface area contributed by atoms with E-state index in [1.165, 1.54) is 32.9 Å². The minimum atomic E-state index is 0.816. The van der Waals surface area contributed by atoms with Crippen LogP contribution in [0.3, 0.4) is 0 Å². The molecule has 2 aromatic heterocycles. The predicted octanol–water partition coefficient (Wildman–Crippen LogP) is 6.49. The van der Waals surface area contributed by atoms with Crippen molar-refractivity contribution in [3.05, 3.63) is 101 Å². The SMILES string of the molecule is Clc1ccccc1Cc1ccc2c3ccccc3c3ccccc3n12. The Bertz CT molecular complexity index is 1230. The number of halogens is 1. The lowest BCUT2D eigenvalue weighted by atomic mass is 10.0. The van der Waals surface area contributed by atoms with Crippen molar-refractivity contribution in [2.24, 2.45) is 0 Å². The third-order valence-corrected chi connectivity index (χ3v) is 5.30. The Morgan fingerprint density at radius 1 is 0.600 bits per heavy atom. The van der Waals surface area contributed by atoms with Crippen molar-refractivity contribution < 1.29 is 0 Å². The number of hydrogen-bond acceptors (Lipinski definition) is 0. The van der Waals surface area contributed by atoms with Gasteiger partial charge >= 0.3 is 0 Å². The highest BCUT2D eigenvalue weighted by Crippen LogP contribution is 2.32. The molecule has 0 aliphatic heterocycles. The van der Waals surface area contributed by atoms with Crippen LogP contribution >= 0.6 is 11.6 Å². The van der Waals surface area contributed by atoms with E-state index in [4.69, 9.17) is 11.6 Å². The largest absolute Gasteiger partial charge is 0.313 e. The summed E-state index contributed by atoms with van der Waals surface area (Å²) in [6, 6.07) is 29.8. The molecule has 0 atom stereocenters. The molecule has 0 aliphatic rings. The second-order valence-corrected chi connectivity index (χ2v) is 6.78. The third kappa shape index (κ3) is 2.24. The van der Waals surface area contributed by atoms with Crippen LogP contribution in [0, 0.1) is 0 Å². The zero-order valence-electron chi connectivity index (χ0n) is 13.6. The van der Waals surface area contributed by atoms with Gasteiger partial charge in [0.1, 0.15) is 0 Å². The van der Waals surface area contributed by atoms with Crippen LogP contribution in [0.2, 0.25) is 5.02 Å². The molecule has 0 spiro atoms. The summed E-state index contributed by atoms with van der Waals surface area (Å²) in [6.07, 6.45) is 0.816. The summed E-state index contributed by atoms with van der Waals surface area (Å²) in [4.78, 5) is 0. The topological polar surface area (TPSA) is 4.41 Å². The lowest BCUT2D eigenvalue weighted by Gasteiger charge is -2.12. The minimum absolute atomic E-state index is 0.816. The molecule has 0 radical (unpaired) electrons. The second-order valence-electron chi connectivity index (χ2n) is 6.38. The molecule has 1 nitrogen and oxygen atoms in total. The van der Waals surface area contributed by atoms with Gasteiger partial charge in [0.15, 0.2) is 0 Å². The number of aromatic nitrogens is 1. The molecule has 5 aromatic rings. The van der Waals surface area contributed by atoms with Crippen LogP contribution in [-0.4, -0.2) is 4.40 Å². The number of fused-ring (bicyclic) bond motifs is 6. The Balaban J connectivity index is 1.87. The number of nitrogens with zero attached hydrogens (tertiary/aromatic N) is 1. The predicted molar refractivity (Wildman–Crippen MR) is 107 cm³/mol. The maximum Gasteiger partial charge on any atom is 0.0538 e.